The molecule has 0 aromatic heterocycles. The van der Waals surface area contributed by atoms with Crippen LogP contribution in [0.2, 0.25) is 0 Å². The second-order valence-electron chi connectivity index (χ2n) is 4.63. The van der Waals surface area contributed by atoms with Crippen molar-refractivity contribution in [2.45, 2.75) is 20.0 Å². The minimum Gasteiger partial charge on any atom is -0.485 e. The molecule has 4 nitrogen and oxygen atoms in total. The van der Waals surface area contributed by atoms with Crippen LogP contribution in [0.4, 0.5) is 0 Å². The lowest BCUT2D eigenvalue weighted by atomic mass is 9.94. The van der Waals surface area contributed by atoms with Crippen molar-refractivity contribution in [1.29, 1.82) is 5.41 Å². The number of carbonyl (C=O) groups is 1. The van der Waals surface area contributed by atoms with Gasteiger partial charge in [0.05, 0.1) is 6.10 Å². The van der Waals surface area contributed by atoms with Crippen molar-refractivity contribution in [3.8, 4) is 0 Å². The largest absolute Gasteiger partial charge is 0.485 e. The summed E-state index contributed by atoms with van der Waals surface area (Å²) in [5.41, 5.74) is 8.01. The maximum Gasteiger partial charge on any atom is 0.284 e. The molecule has 0 radical (unpaired) electrons. The molecule has 0 aliphatic heterocycles. The van der Waals surface area contributed by atoms with Crippen molar-refractivity contribution >= 4 is 29.8 Å². The van der Waals surface area contributed by atoms with E-state index in [0.717, 1.165) is 17.3 Å². The molecule has 0 fully saturated rings. The first-order chi connectivity index (χ1) is 9.96. The Morgan fingerprint density at radius 2 is 2.00 bits per heavy atom. The quantitative estimate of drug-likeness (QED) is 0.458. The third-order valence-corrected chi connectivity index (χ3v) is 2.82. The van der Waals surface area contributed by atoms with Gasteiger partial charge >= 0.3 is 0 Å². The Hall–Kier alpha value is -2.62. The smallest absolute Gasteiger partial charge is 0.284 e. The molecule has 1 aromatic rings. The summed E-state index contributed by atoms with van der Waals surface area (Å²) in [4.78, 5) is 11.7. The van der Waals surface area contributed by atoms with Gasteiger partial charge in [-0.15, -0.1) is 0 Å². The SMILES string of the molecule is C=Cc1cccc(/C(C=N)=C(\OC(C)C)C(N)=O)c1C=C. The Balaban J connectivity index is 3.65. The molecule has 0 unspecified atom stereocenters. The van der Waals surface area contributed by atoms with E-state index >= 15 is 0 Å². The summed E-state index contributed by atoms with van der Waals surface area (Å²) in [5, 5.41) is 7.63. The highest BCUT2D eigenvalue weighted by molar-refractivity contribution is 6.17. The Kier molecular flexibility index (Phi) is 5.67. The lowest BCUT2D eigenvalue weighted by molar-refractivity contribution is -0.118. The van der Waals surface area contributed by atoms with E-state index in [1.54, 1.807) is 32.1 Å². The normalized spacial score (nSPS) is 11.6. The zero-order chi connectivity index (χ0) is 16.0. The van der Waals surface area contributed by atoms with Crippen LogP contribution in [0.1, 0.15) is 30.5 Å². The molecule has 110 valence electrons. The summed E-state index contributed by atoms with van der Waals surface area (Å²) in [6, 6.07) is 5.48. The van der Waals surface area contributed by atoms with Gasteiger partial charge in [-0.2, -0.15) is 0 Å². The van der Waals surface area contributed by atoms with Gasteiger partial charge < -0.3 is 15.9 Å². The molecule has 1 amide bonds. The van der Waals surface area contributed by atoms with E-state index in [1.165, 1.54) is 0 Å². The fraction of sp³-hybridized carbons (Fsp3) is 0.176. The number of amides is 1. The average Bonchev–Trinajstić information content (AvgIpc) is 2.45. The molecule has 0 bridgehead atoms. The van der Waals surface area contributed by atoms with Gasteiger partial charge in [-0.05, 0) is 30.5 Å². The maximum absolute atomic E-state index is 11.7. The lowest BCUT2D eigenvalue weighted by Crippen LogP contribution is -2.21. The first-order valence-corrected chi connectivity index (χ1v) is 6.55. The number of ether oxygens (including phenoxy) is 1. The van der Waals surface area contributed by atoms with Crippen LogP contribution in [0.25, 0.3) is 17.7 Å². The molecule has 1 aromatic carbocycles. The van der Waals surface area contributed by atoms with Crippen LogP contribution in [-0.2, 0) is 9.53 Å². The first kappa shape index (κ1) is 16.4. The number of hydrogen-bond acceptors (Lipinski definition) is 3. The summed E-state index contributed by atoms with van der Waals surface area (Å²) < 4.78 is 5.49. The van der Waals surface area contributed by atoms with Crippen molar-refractivity contribution in [2.75, 3.05) is 0 Å². The number of primary amides is 1. The van der Waals surface area contributed by atoms with E-state index in [1.807, 2.05) is 12.1 Å². The Morgan fingerprint density at radius 3 is 2.43 bits per heavy atom. The van der Waals surface area contributed by atoms with Gasteiger partial charge in [0.1, 0.15) is 0 Å². The fourth-order valence-electron chi connectivity index (χ4n) is 1.98. The number of rotatable bonds is 7. The zero-order valence-corrected chi connectivity index (χ0v) is 12.3. The van der Waals surface area contributed by atoms with E-state index in [2.05, 4.69) is 13.2 Å². The topological polar surface area (TPSA) is 76.2 Å². The summed E-state index contributed by atoms with van der Waals surface area (Å²) in [5.74, 6) is -0.731. The molecule has 3 N–H and O–H groups in total. The van der Waals surface area contributed by atoms with Crippen LogP contribution in [0, 0.1) is 5.41 Å². The van der Waals surface area contributed by atoms with Crippen molar-refractivity contribution in [1.82, 2.24) is 0 Å². The molecule has 1 rings (SSSR count). The van der Waals surface area contributed by atoms with Crippen LogP contribution in [-0.4, -0.2) is 18.2 Å². The van der Waals surface area contributed by atoms with Crippen LogP contribution in [0.15, 0.2) is 37.1 Å². The number of hydrogen-bond donors (Lipinski definition) is 2. The summed E-state index contributed by atoms with van der Waals surface area (Å²) in [7, 11) is 0. The number of benzene rings is 1. The number of allylic oxidation sites excluding steroid dienone is 1. The van der Waals surface area contributed by atoms with Crippen molar-refractivity contribution in [3.63, 3.8) is 0 Å². The molecule has 0 atom stereocenters. The standard InChI is InChI=1S/C17H20N2O2/c1-5-12-8-7-9-14(13(12)6-2)15(10-18)16(17(19)20)21-11(3)4/h5-11,18H,1-2H2,3-4H3,(H2,19,20)/b16-15-,18-10?. The number of nitrogens with one attached hydrogen (secondary N) is 1. The first-order valence-electron chi connectivity index (χ1n) is 6.55. The molecule has 0 heterocycles. The predicted molar refractivity (Wildman–Crippen MR) is 87.7 cm³/mol. The minimum absolute atomic E-state index is 0.0238. The second-order valence-corrected chi connectivity index (χ2v) is 4.63. The lowest BCUT2D eigenvalue weighted by Gasteiger charge is -2.16. The van der Waals surface area contributed by atoms with Crippen molar-refractivity contribution in [2.24, 2.45) is 5.73 Å². The molecule has 0 saturated heterocycles. The summed E-state index contributed by atoms with van der Waals surface area (Å²) >= 11 is 0. The molecule has 4 heteroatoms. The van der Waals surface area contributed by atoms with E-state index in [-0.39, 0.29) is 11.9 Å². The minimum atomic E-state index is -0.707. The predicted octanol–water partition coefficient (Wildman–Crippen LogP) is 3.24. The Labute approximate surface area is 125 Å². The van der Waals surface area contributed by atoms with Crippen LogP contribution < -0.4 is 5.73 Å². The number of carbonyl (C=O) groups excluding carboxylic acids is 1. The van der Waals surface area contributed by atoms with Crippen LogP contribution in [0.3, 0.4) is 0 Å². The second kappa shape index (κ2) is 7.24. The molecule has 0 spiro atoms. The molecular formula is C17H20N2O2. The summed E-state index contributed by atoms with van der Waals surface area (Å²) in [6.45, 7) is 11.1. The average molecular weight is 284 g/mol. The van der Waals surface area contributed by atoms with Gasteiger partial charge in [0, 0.05) is 11.8 Å². The molecule has 0 saturated carbocycles. The Bertz CT molecular complexity index is 613. The Morgan fingerprint density at radius 1 is 1.33 bits per heavy atom. The molecule has 21 heavy (non-hydrogen) atoms. The van der Waals surface area contributed by atoms with Gasteiger partial charge in [0.15, 0.2) is 5.76 Å². The van der Waals surface area contributed by atoms with Crippen molar-refractivity contribution in [3.05, 3.63) is 53.8 Å². The zero-order valence-electron chi connectivity index (χ0n) is 12.3. The third-order valence-electron chi connectivity index (χ3n) is 2.82. The van der Waals surface area contributed by atoms with Gasteiger partial charge in [-0.1, -0.05) is 43.5 Å². The third kappa shape index (κ3) is 3.69. The van der Waals surface area contributed by atoms with E-state index in [0.29, 0.717) is 11.1 Å². The van der Waals surface area contributed by atoms with Crippen LogP contribution in [0.5, 0.6) is 0 Å². The molecule has 0 aliphatic rings. The van der Waals surface area contributed by atoms with Crippen LogP contribution >= 0.6 is 0 Å². The van der Waals surface area contributed by atoms with E-state index < -0.39 is 5.91 Å². The number of nitrogens with two attached hydrogens (primary N) is 1. The van der Waals surface area contributed by atoms with Crippen molar-refractivity contribution < 1.29 is 9.53 Å². The highest BCUT2D eigenvalue weighted by Crippen LogP contribution is 2.26. The monoisotopic (exact) mass is 284 g/mol. The molecular weight excluding hydrogens is 264 g/mol. The van der Waals surface area contributed by atoms with Gasteiger partial charge in [-0.3, -0.25) is 4.79 Å². The maximum atomic E-state index is 11.7. The van der Waals surface area contributed by atoms with E-state index in [9.17, 15) is 4.79 Å². The van der Waals surface area contributed by atoms with Gasteiger partial charge in [0.25, 0.3) is 5.91 Å². The fourth-order valence-corrected chi connectivity index (χ4v) is 1.98. The van der Waals surface area contributed by atoms with Gasteiger partial charge in [-0.25, -0.2) is 0 Å². The van der Waals surface area contributed by atoms with Gasteiger partial charge in [0.2, 0.25) is 0 Å². The highest BCUT2D eigenvalue weighted by atomic mass is 16.5. The van der Waals surface area contributed by atoms with E-state index in [4.69, 9.17) is 15.9 Å². The summed E-state index contributed by atoms with van der Waals surface area (Å²) in [6.07, 6.45) is 4.19. The molecule has 0 aliphatic carbocycles. The highest BCUT2D eigenvalue weighted by Gasteiger charge is 2.18.